The van der Waals surface area contributed by atoms with Gasteiger partial charge in [0.15, 0.2) is 0 Å². The Morgan fingerprint density at radius 2 is 1.71 bits per heavy atom. The third-order valence-corrected chi connectivity index (χ3v) is 6.60. The van der Waals surface area contributed by atoms with Crippen LogP contribution in [0.4, 0.5) is 5.69 Å². The van der Waals surface area contributed by atoms with Gasteiger partial charge < -0.3 is 11.1 Å². The molecular weight excluding hydrogens is 396 g/mol. The minimum Gasteiger partial charge on any atom is -0.370 e. The molecule has 3 heterocycles. The van der Waals surface area contributed by atoms with Gasteiger partial charge in [-0.1, -0.05) is 48.5 Å². The number of benzene rings is 2. The lowest BCUT2D eigenvalue weighted by Gasteiger charge is -2.29. The van der Waals surface area contributed by atoms with Crippen molar-refractivity contribution >= 4 is 29.3 Å². The third kappa shape index (κ3) is 2.79. The van der Waals surface area contributed by atoms with Gasteiger partial charge >= 0.3 is 0 Å². The number of hydrogen-bond donors (Lipinski definition) is 3. The van der Waals surface area contributed by atoms with Crippen LogP contribution in [0.2, 0.25) is 0 Å². The van der Waals surface area contributed by atoms with Crippen molar-refractivity contribution in [3.8, 4) is 0 Å². The Kier molecular flexibility index (Phi) is 4.40. The van der Waals surface area contributed by atoms with Gasteiger partial charge in [0.05, 0.1) is 11.8 Å². The van der Waals surface area contributed by atoms with Gasteiger partial charge in [-0.05, 0) is 18.1 Å². The summed E-state index contributed by atoms with van der Waals surface area (Å²) in [5.74, 6) is -3.49. The zero-order valence-electron chi connectivity index (χ0n) is 16.7. The number of fused-ring (bicyclic) bond motifs is 4. The van der Waals surface area contributed by atoms with E-state index in [1.165, 1.54) is 4.90 Å². The van der Waals surface area contributed by atoms with E-state index >= 15 is 0 Å². The number of para-hydroxylation sites is 1. The number of anilines is 1. The summed E-state index contributed by atoms with van der Waals surface area (Å²) in [6, 6.07) is 16.0. The highest BCUT2D eigenvalue weighted by Gasteiger charge is 2.70. The Bertz CT molecular complexity index is 1100. The normalized spacial score (nSPS) is 28.7. The van der Waals surface area contributed by atoms with Crippen LogP contribution in [0.25, 0.3) is 0 Å². The molecule has 3 aliphatic rings. The van der Waals surface area contributed by atoms with E-state index in [4.69, 9.17) is 5.73 Å². The quantitative estimate of drug-likeness (QED) is 0.612. The number of imide groups is 1. The van der Waals surface area contributed by atoms with Crippen molar-refractivity contribution in [3.05, 3.63) is 65.7 Å². The number of rotatable bonds is 5. The first-order valence-corrected chi connectivity index (χ1v) is 10.3. The van der Waals surface area contributed by atoms with Crippen molar-refractivity contribution in [1.29, 1.82) is 0 Å². The second-order valence-electron chi connectivity index (χ2n) is 8.30. The average molecular weight is 418 g/mol. The molecule has 2 fully saturated rings. The molecule has 8 heteroatoms. The Labute approximate surface area is 178 Å². The first kappa shape index (κ1) is 19.4. The van der Waals surface area contributed by atoms with Crippen molar-refractivity contribution in [2.75, 3.05) is 11.9 Å². The lowest BCUT2D eigenvalue weighted by atomic mass is 9.76. The van der Waals surface area contributed by atoms with E-state index in [2.05, 4.69) is 10.6 Å². The van der Waals surface area contributed by atoms with Gasteiger partial charge in [0.25, 0.3) is 0 Å². The molecule has 0 aliphatic carbocycles. The molecule has 0 bridgehead atoms. The van der Waals surface area contributed by atoms with Gasteiger partial charge in [0.1, 0.15) is 5.54 Å². The highest BCUT2D eigenvalue weighted by atomic mass is 16.2. The summed E-state index contributed by atoms with van der Waals surface area (Å²) >= 11 is 0. The summed E-state index contributed by atoms with van der Waals surface area (Å²) in [7, 11) is 0. The number of nitrogens with one attached hydrogen (secondary N) is 2. The van der Waals surface area contributed by atoms with E-state index in [1.807, 2.05) is 30.3 Å². The smallest absolute Gasteiger partial charge is 0.250 e. The molecule has 2 saturated heterocycles. The van der Waals surface area contributed by atoms with Crippen molar-refractivity contribution < 1.29 is 19.2 Å². The summed E-state index contributed by atoms with van der Waals surface area (Å²) in [6.45, 7) is 0.220. The molecule has 31 heavy (non-hydrogen) atoms. The zero-order chi connectivity index (χ0) is 21.8. The third-order valence-electron chi connectivity index (χ3n) is 6.60. The predicted molar refractivity (Wildman–Crippen MR) is 111 cm³/mol. The lowest BCUT2D eigenvalue weighted by Crippen LogP contribution is -2.53. The Balaban J connectivity index is 1.53. The maximum atomic E-state index is 13.5. The van der Waals surface area contributed by atoms with E-state index < -0.39 is 35.2 Å². The van der Waals surface area contributed by atoms with Crippen LogP contribution in [-0.4, -0.2) is 41.1 Å². The molecule has 1 spiro atoms. The average Bonchev–Trinajstić information content (AvgIpc) is 3.32. The SMILES string of the molecule is NC(=O)C[C@@H]1N[C@@]2(C(=O)Nc3ccccc32)[C@H]2C(=O)N(CCc3ccccc3)C(=O)[C@H]12. The first-order valence-electron chi connectivity index (χ1n) is 10.3. The zero-order valence-corrected chi connectivity index (χ0v) is 16.7. The molecule has 8 nitrogen and oxygen atoms in total. The molecule has 4 N–H and O–H groups in total. The van der Waals surface area contributed by atoms with Crippen molar-refractivity contribution in [2.24, 2.45) is 17.6 Å². The molecule has 3 aliphatic heterocycles. The van der Waals surface area contributed by atoms with E-state index in [1.54, 1.807) is 24.3 Å². The Morgan fingerprint density at radius 3 is 2.45 bits per heavy atom. The molecule has 2 aromatic rings. The second-order valence-corrected chi connectivity index (χ2v) is 8.30. The monoisotopic (exact) mass is 418 g/mol. The minimum atomic E-state index is -1.39. The second kappa shape index (κ2) is 7.02. The van der Waals surface area contributed by atoms with Crippen LogP contribution in [0, 0.1) is 11.8 Å². The van der Waals surface area contributed by atoms with Gasteiger partial charge in [-0.3, -0.25) is 29.4 Å². The van der Waals surface area contributed by atoms with Gasteiger partial charge in [0, 0.05) is 30.3 Å². The van der Waals surface area contributed by atoms with Crippen molar-refractivity contribution in [1.82, 2.24) is 10.2 Å². The molecule has 0 radical (unpaired) electrons. The molecule has 0 aromatic heterocycles. The number of amides is 4. The van der Waals surface area contributed by atoms with Crippen molar-refractivity contribution in [3.63, 3.8) is 0 Å². The van der Waals surface area contributed by atoms with Crippen LogP contribution in [-0.2, 0) is 31.1 Å². The van der Waals surface area contributed by atoms with Crippen LogP contribution < -0.4 is 16.4 Å². The largest absolute Gasteiger partial charge is 0.370 e. The fraction of sp³-hybridized carbons (Fsp3) is 0.304. The summed E-state index contributed by atoms with van der Waals surface area (Å²) in [5.41, 5.74) is 6.26. The molecule has 158 valence electrons. The number of carbonyl (C=O) groups is 4. The van der Waals surface area contributed by atoms with Crippen molar-refractivity contribution in [2.45, 2.75) is 24.4 Å². The molecule has 2 aromatic carbocycles. The molecular formula is C23H22N4O4. The standard InChI is InChI=1S/C23H22N4O4/c24-17(28)12-16-18-19(23(26-16)14-8-4-5-9-15(14)25-22(23)31)21(30)27(20(18)29)11-10-13-6-2-1-3-7-13/h1-9,16,18-19,26H,10-12H2,(H2,24,28)(H,25,31)/t16-,18+,19+,23+/m0/s1. The predicted octanol–water partition coefficient (Wildman–Crippen LogP) is 0.525. The van der Waals surface area contributed by atoms with Crippen LogP contribution in [0.5, 0.6) is 0 Å². The Hall–Kier alpha value is -3.52. The maximum absolute atomic E-state index is 13.5. The van der Waals surface area contributed by atoms with Crippen LogP contribution >= 0.6 is 0 Å². The highest BCUT2D eigenvalue weighted by Crippen LogP contribution is 2.53. The lowest BCUT2D eigenvalue weighted by molar-refractivity contribution is -0.142. The summed E-state index contributed by atoms with van der Waals surface area (Å²) < 4.78 is 0. The van der Waals surface area contributed by atoms with E-state index in [0.29, 0.717) is 17.7 Å². The van der Waals surface area contributed by atoms with Gasteiger partial charge in [0.2, 0.25) is 23.6 Å². The van der Waals surface area contributed by atoms with Gasteiger partial charge in [-0.15, -0.1) is 0 Å². The van der Waals surface area contributed by atoms with E-state index in [9.17, 15) is 19.2 Å². The van der Waals surface area contributed by atoms with Crippen LogP contribution in [0.15, 0.2) is 54.6 Å². The molecule has 4 amide bonds. The number of likely N-dealkylation sites (tertiary alicyclic amines) is 1. The van der Waals surface area contributed by atoms with E-state index in [-0.39, 0.29) is 24.8 Å². The summed E-state index contributed by atoms with van der Waals surface area (Å²) in [5, 5.41) is 6.00. The number of carbonyl (C=O) groups excluding carboxylic acids is 4. The van der Waals surface area contributed by atoms with E-state index in [0.717, 1.165) is 5.56 Å². The molecule has 0 saturated carbocycles. The fourth-order valence-electron chi connectivity index (χ4n) is 5.32. The minimum absolute atomic E-state index is 0.135. The fourth-order valence-corrected chi connectivity index (χ4v) is 5.32. The van der Waals surface area contributed by atoms with Crippen LogP contribution in [0.1, 0.15) is 17.5 Å². The molecule has 5 rings (SSSR count). The van der Waals surface area contributed by atoms with Gasteiger partial charge in [-0.2, -0.15) is 0 Å². The molecule has 4 atom stereocenters. The summed E-state index contributed by atoms with van der Waals surface area (Å²) in [4.78, 5) is 53.1. The topological polar surface area (TPSA) is 122 Å². The number of nitrogens with zero attached hydrogens (tertiary/aromatic N) is 1. The Morgan fingerprint density at radius 1 is 1.00 bits per heavy atom. The van der Waals surface area contributed by atoms with Crippen LogP contribution in [0.3, 0.4) is 0 Å². The molecule has 0 unspecified atom stereocenters. The number of primary amides is 1. The van der Waals surface area contributed by atoms with Gasteiger partial charge in [-0.25, -0.2) is 0 Å². The first-order chi connectivity index (χ1) is 14.9. The maximum Gasteiger partial charge on any atom is 0.250 e. The number of hydrogen-bond acceptors (Lipinski definition) is 5. The summed E-state index contributed by atoms with van der Waals surface area (Å²) in [6.07, 6.45) is 0.380. The highest BCUT2D eigenvalue weighted by molar-refractivity contribution is 6.15. The number of nitrogens with two attached hydrogens (primary N) is 1.